The van der Waals surface area contributed by atoms with Crippen molar-refractivity contribution in [2.24, 2.45) is 0 Å². The van der Waals surface area contributed by atoms with Gasteiger partial charge in [0.25, 0.3) is 0 Å². The Kier molecular flexibility index (Phi) is 1.37. The van der Waals surface area contributed by atoms with E-state index in [4.69, 9.17) is 0 Å². The van der Waals surface area contributed by atoms with Gasteiger partial charge in [-0.15, -0.1) is 0 Å². The van der Waals surface area contributed by atoms with Crippen molar-refractivity contribution in [3.8, 4) is 0 Å². The molecule has 0 atom stereocenters. The van der Waals surface area contributed by atoms with Gasteiger partial charge in [0, 0.05) is 11.6 Å². The Morgan fingerprint density at radius 1 is 0.923 bits per heavy atom. The van der Waals surface area contributed by atoms with Crippen molar-refractivity contribution in [3.63, 3.8) is 0 Å². The van der Waals surface area contributed by atoms with Crippen LogP contribution in [0.5, 0.6) is 0 Å². The van der Waals surface area contributed by atoms with Crippen LogP contribution >= 0.6 is 0 Å². The number of hydrogen-bond acceptors (Lipinski definition) is 0. The third kappa shape index (κ3) is 0.955. The molecule has 1 aromatic heterocycles. The van der Waals surface area contributed by atoms with Gasteiger partial charge in [0.15, 0.2) is 0 Å². The summed E-state index contributed by atoms with van der Waals surface area (Å²) in [7, 11) is 0.268. The number of H-pyrrole nitrogens is 1. The second-order valence-corrected chi connectivity index (χ2v) is 4.49. The second kappa shape index (κ2) is 2.54. The highest BCUT2D eigenvalue weighted by molar-refractivity contribution is 6.44. The number of aromatic amines is 1. The molecule has 0 unspecified atom stereocenters. The Labute approximate surface area is 78.2 Å². The standard InChI is InChI=1S/C11H9NSi/c1-2-4-9-8(3-1)5-6-11-10(9)7-12-13-11/h1-7,12-13H. The Morgan fingerprint density at radius 2 is 1.85 bits per heavy atom. The fourth-order valence-corrected chi connectivity index (χ4v) is 2.83. The molecule has 0 aliphatic carbocycles. The summed E-state index contributed by atoms with van der Waals surface area (Å²) in [6, 6.07) is 13.0. The molecule has 1 nitrogen and oxygen atoms in total. The molecule has 13 heavy (non-hydrogen) atoms. The van der Waals surface area contributed by atoms with E-state index < -0.39 is 0 Å². The molecule has 1 N–H and O–H groups in total. The fraction of sp³-hybridized carbons (Fsp3) is 0. The maximum atomic E-state index is 3.34. The van der Waals surface area contributed by atoms with Crippen LogP contribution in [-0.4, -0.2) is 13.9 Å². The first-order valence-electron chi connectivity index (χ1n) is 4.39. The van der Waals surface area contributed by atoms with Crippen molar-refractivity contribution in [2.75, 3.05) is 0 Å². The van der Waals surface area contributed by atoms with Gasteiger partial charge in [-0.3, -0.25) is 0 Å². The zero-order valence-electron chi connectivity index (χ0n) is 7.12. The number of rotatable bonds is 0. The predicted octanol–water partition coefficient (Wildman–Crippen LogP) is 2.39. The quantitative estimate of drug-likeness (QED) is 0.515. The summed E-state index contributed by atoms with van der Waals surface area (Å²) >= 11 is 0. The first-order valence-corrected chi connectivity index (χ1v) is 5.55. The lowest BCUT2D eigenvalue weighted by Crippen LogP contribution is -1.73. The molecule has 0 spiro atoms. The van der Waals surface area contributed by atoms with E-state index in [0.717, 1.165) is 0 Å². The summed E-state index contributed by atoms with van der Waals surface area (Å²) in [5.74, 6) is 0. The van der Waals surface area contributed by atoms with E-state index in [1.165, 1.54) is 21.2 Å². The van der Waals surface area contributed by atoms with Crippen molar-refractivity contribution in [2.45, 2.75) is 0 Å². The minimum atomic E-state index is 0.268. The van der Waals surface area contributed by atoms with Gasteiger partial charge in [0.1, 0.15) is 9.29 Å². The van der Waals surface area contributed by atoms with Gasteiger partial charge in [-0.2, -0.15) is 0 Å². The summed E-state index contributed by atoms with van der Waals surface area (Å²) in [5, 5.41) is 4.10. The van der Waals surface area contributed by atoms with Gasteiger partial charge in [-0.1, -0.05) is 36.4 Å². The summed E-state index contributed by atoms with van der Waals surface area (Å²) in [6.45, 7) is 0. The lowest BCUT2D eigenvalue weighted by atomic mass is 10.1. The van der Waals surface area contributed by atoms with Crippen LogP contribution in [0.25, 0.3) is 21.2 Å². The summed E-state index contributed by atoms with van der Waals surface area (Å²) in [6.07, 6.45) is 2.15. The maximum absolute atomic E-state index is 3.34. The molecule has 62 valence electrons. The molecule has 0 aliphatic heterocycles. The fourth-order valence-electron chi connectivity index (χ4n) is 1.81. The minimum absolute atomic E-state index is 0.268. The smallest absolute Gasteiger partial charge is 0.117 e. The second-order valence-electron chi connectivity index (χ2n) is 3.24. The van der Waals surface area contributed by atoms with Crippen LogP contribution in [0.4, 0.5) is 0 Å². The first-order chi connectivity index (χ1) is 6.45. The molecule has 2 heteroatoms. The van der Waals surface area contributed by atoms with Gasteiger partial charge >= 0.3 is 0 Å². The number of hydrogen-bond donors (Lipinski definition) is 1. The molecular weight excluding hydrogens is 174 g/mol. The SMILES string of the molecule is c1ccc2c(c1)ccc1[siH][nH]cc12. The first kappa shape index (κ1) is 7.03. The number of nitrogens with one attached hydrogen (secondary N) is 1. The van der Waals surface area contributed by atoms with Crippen LogP contribution in [0.2, 0.25) is 0 Å². The summed E-state index contributed by atoms with van der Waals surface area (Å²) in [5.41, 5.74) is 0. The van der Waals surface area contributed by atoms with Crippen LogP contribution in [0.15, 0.2) is 42.6 Å². The third-order valence-electron chi connectivity index (χ3n) is 2.47. The molecule has 0 saturated heterocycles. The number of fused-ring (bicyclic) bond motifs is 3. The van der Waals surface area contributed by atoms with Gasteiger partial charge in [0.05, 0.1) is 0 Å². The van der Waals surface area contributed by atoms with Crippen molar-refractivity contribution in [3.05, 3.63) is 42.6 Å². The Morgan fingerprint density at radius 3 is 2.85 bits per heavy atom. The molecule has 0 amide bonds. The van der Waals surface area contributed by atoms with Crippen LogP contribution in [0.3, 0.4) is 0 Å². The average Bonchev–Trinajstić information content (AvgIpc) is 2.65. The van der Waals surface area contributed by atoms with Gasteiger partial charge in [0.2, 0.25) is 0 Å². The normalized spacial score (nSPS) is 11.1. The highest BCUT2D eigenvalue weighted by Crippen LogP contribution is 2.22. The highest BCUT2D eigenvalue weighted by Gasteiger charge is 1.98. The lowest BCUT2D eigenvalue weighted by Gasteiger charge is -1.97. The molecule has 1 heterocycles. The van der Waals surface area contributed by atoms with Gasteiger partial charge in [-0.25, -0.2) is 0 Å². The Hall–Kier alpha value is -1.41. The Balaban J connectivity index is 2.65. The zero-order valence-corrected chi connectivity index (χ0v) is 8.27. The number of aromatic nitrogens is 1. The van der Waals surface area contributed by atoms with Crippen LogP contribution in [0, 0.1) is 0 Å². The molecule has 3 rings (SSSR count). The molecule has 0 saturated carbocycles. The van der Waals surface area contributed by atoms with E-state index in [-0.39, 0.29) is 9.29 Å². The predicted molar refractivity (Wildman–Crippen MR) is 58.5 cm³/mol. The Bertz CT molecular complexity index is 568. The molecule has 0 bridgehead atoms. The van der Waals surface area contributed by atoms with E-state index in [0.29, 0.717) is 0 Å². The van der Waals surface area contributed by atoms with Crippen LogP contribution < -0.4 is 0 Å². The van der Waals surface area contributed by atoms with Crippen molar-refractivity contribution in [1.29, 1.82) is 0 Å². The molecular formula is C11H9NSi. The minimum Gasteiger partial charge on any atom is -0.399 e. The van der Waals surface area contributed by atoms with E-state index in [2.05, 4.69) is 47.2 Å². The topological polar surface area (TPSA) is 15.8 Å². The summed E-state index contributed by atoms with van der Waals surface area (Å²) in [4.78, 5) is 1.48. The van der Waals surface area contributed by atoms with Crippen LogP contribution in [0.1, 0.15) is 0 Å². The largest absolute Gasteiger partial charge is 0.399 e. The van der Waals surface area contributed by atoms with Gasteiger partial charge < -0.3 is 4.64 Å². The number of benzene rings is 2. The molecule has 3 aromatic rings. The van der Waals surface area contributed by atoms with Crippen molar-refractivity contribution >= 4 is 30.4 Å². The highest BCUT2D eigenvalue weighted by atomic mass is 28.2. The summed E-state index contributed by atoms with van der Waals surface area (Å²) < 4.78 is 3.34. The molecule has 2 aromatic carbocycles. The molecule has 0 aliphatic rings. The maximum Gasteiger partial charge on any atom is 0.117 e. The van der Waals surface area contributed by atoms with Crippen LogP contribution in [-0.2, 0) is 0 Å². The lowest BCUT2D eigenvalue weighted by molar-refractivity contribution is 1.59. The average molecular weight is 183 g/mol. The monoisotopic (exact) mass is 183 g/mol. The van der Waals surface area contributed by atoms with E-state index in [1.807, 2.05) is 0 Å². The third-order valence-corrected chi connectivity index (χ3v) is 3.62. The van der Waals surface area contributed by atoms with E-state index >= 15 is 0 Å². The molecule has 0 radical (unpaired) electrons. The van der Waals surface area contributed by atoms with Crippen molar-refractivity contribution in [1.82, 2.24) is 4.64 Å². The molecule has 0 fully saturated rings. The van der Waals surface area contributed by atoms with Gasteiger partial charge in [-0.05, 0) is 15.8 Å². The van der Waals surface area contributed by atoms with Crippen molar-refractivity contribution < 1.29 is 0 Å². The van der Waals surface area contributed by atoms with E-state index in [1.54, 1.807) is 0 Å². The van der Waals surface area contributed by atoms with E-state index in [9.17, 15) is 0 Å². The zero-order chi connectivity index (χ0) is 8.67.